The second-order valence-electron chi connectivity index (χ2n) is 8.05. The minimum atomic E-state index is -3.26. The Morgan fingerprint density at radius 1 is 1.08 bits per heavy atom. The van der Waals surface area contributed by atoms with Crippen molar-refractivity contribution in [3.05, 3.63) is 99.7 Å². The normalized spacial score (nSPS) is 14.7. The van der Waals surface area contributed by atoms with Crippen LogP contribution in [0.2, 0.25) is 0 Å². The van der Waals surface area contributed by atoms with Crippen LogP contribution in [0.15, 0.2) is 78.7 Å². The number of hydrogen-bond donors (Lipinski definition) is 3. The molecule has 0 saturated carbocycles. The molecule has 0 spiro atoms. The molecule has 3 aromatic rings. The Bertz CT molecular complexity index is 1220. The van der Waals surface area contributed by atoms with Gasteiger partial charge >= 0.3 is 13.2 Å². The summed E-state index contributed by atoms with van der Waals surface area (Å²) in [4.78, 5) is 5.12. The van der Waals surface area contributed by atoms with E-state index in [4.69, 9.17) is 5.21 Å². The number of halogens is 4. The van der Waals surface area contributed by atoms with Crippen LogP contribution in [0.25, 0.3) is 0 Å². The van der Waals surface area contributed by atoms with Gasteiger partial charge in [-0.3, -0.25) is 10.7 Å². The predicted molar refractivity (Wildman–Crippen MR) is 131 cm³/mol. The molecule has 0 amide bonds. The quantitative estimate of drug-likeness (QED) is 0.138. The number of hydrogen-bond acceptors (Lipinski definition) is 7. The standard InChI is InChI=1S/C26H26F4N2O4S/c1-3-16(11-12-32-34)13-19(17-9-10-20(35-24(27)28)21(14-17)36-25(29)30)22-15-31-23(37-22)26(2,33)18-7-5-4-6-8-18/h3-12,14-15,19,24-25,32-34H,13H2,1-2H3/b12-11-,16-3+. The Kier molecular flexibility index (Phi) is 9.67. The van der Waals surface area contributed by atoms with Crippen molar-refractivity contribution in [2.75, 3.05) is 0 Å². The molecule has 2 atom stereocenters. The summed E-state index contributed by atoms with van der Waals surface area (Å²) in [6, 6.07) is 12.8. The first-order valence-electron chi connectivity index (χ1n) is 11.1. The number of benzene rings is 2. The molecule has 0 radical (unpaired) electrons. The second kappa shape index (κ2) is 12.7. The Morgan fingerprint density at radius 3 is 2.38 bits per heavy atom. The molecule has 198 valence electrons. The zero-order valence-electron chi connectivity index (χ0n) is 19.9. The fourth-order valence-electron chi connectivity index (χ4n) is 3.73. The van der Waals surface area contributed by atoms with Gasteiger partial charge in [-0.15, -0.1) is 11.3 Å². The Balaban J connectivity index is 2.07. The molecule has 1 aromatic heterocycles. The molecule has 0 saturated heterocycles. The minimum Gasteiger partial charge on any atom is -0.431 e. The lowest BCUT2D eigenvalue weighted by Crippen LogP contribution is -2.22. The Labute approximate surface area is 215 Å². The highest BCUT2D eigenvalue weighted by Crippen LogP contribution is 2.42. The first-order chi connectivity index (χ1) is 17.6. The molecule has 0 fully saturated rings. The van der Waals surface area contributed by atoms with E-state index in [1.165, 1.54) is 29.7 Å². The second-order valence-corrected chi connectivity index (χ2v) is 9.11. The fraction of sp³-hybridized carbons (Fsp3) is 0.269. The summed E-state index contributed by atoms with van der Waals surface area (Å²) in [7, 11) is 0. The van der Waals surface area contributed by atoms with Crippen LogP contribution in [0.1, 0.15) is 47.2 Å². The zero-order valence-corrected chi connectivity index (χ0v) is 20.8. The summed E-state index contributed by atoms with van der Waals surface area (Å²) in [5, 5.41) is 20.6. The average Bonchev–Trinajstić information content (AvgIpc) is 3.36. The summed E-state index contributed by atoms with van der Waals surface area (Å²) < 4.78 is 60.5. The van der Waals surface area contributed by atoms with Crippen LogP contribution >= 0.6 is 11.3 Å². The molecule has 3 rings (SSSR count). The number of hydroxylamine groups is 1. The van der Waals surface area contributed by atoms with Crippen LogP contribution in [0.3, 0.4) is 0 Å². The maximum Gasteiger partial charge on any atom is 0.387 e. The van der Waals surface area contributed by atoms with E-state index in [9.17, 15) is 22.7 Å². The van der Waals surface area contributed by atoms with Gasteiger partial charge in [0.2, 0.25) is 0 Å². The van der Waals surface area contributed by atoms with E-state index in [0.29, 0.717) is 27.4 Å². The molecule has 2 unspecified atom stereocenters. The first-order valence-corrected chi connectivity index (χ1v) is 12.0. The lowest BCUT2D eigenvalue weighted by molar-refractivity contribution is -0.0692. The van der Waals surface area contributed by atoms with Gasteiger partial charge in [0.15, 0.2) is 11.5 Å². The van der Waals surface area contributed by atoms with Crippen LogP contribution in [0, 0.1) is 0 Å². The number of ether oxygens (including phenoxy) is 2. The molecule has 2 aromatic carbocycles. The number of rotatable bonds is 12. The van der Waals surface area contributed by atoms with E-state index >= 15 is 0 Å². The van der Waals surface area contributed by atoms with Crippen molar-refractivity contribution in [1.82, 2.24) is 10.5 Å². The Morgan fingerprint density at radius 2 is 1.76 bits per heavy atom. The highest BCUT2D eigenvalue weighted by Gasteiger charge is 2.31. The van der Waals surface area contributed by atoms with Crippen LogP contribution in [0.5, 0.6) is 11.5 Å². The van der Waals surface area contributed by atoms with Crippen LogP contribution < -0.4 is 15.0 Å². The van der Waals surface area contributed by atoms with E-state index in [2.05, 4.69) is 14.5 Å². The lowest BCUT2D eigenvalue weighted by Gasteiger charge is -2.22. The van der Waals surface area contributed by atoms with Crippen molar-refractivity contribution in [1.29, 1.82) is 0 Å². The number of aromatic nitrogens is 1. The maximum absolute atomic E-state index is 13.0. The van der Waals surface area contributed by atoms with Crippen LogP contribution in [0.4, 0.5) is 17.6 Å². The van der Waals surface area contributed by atoms with Gasteiger partial charge in [0.25, 0.3) is 0 Å². The molecular formula is C26H26F4N2O4S. The van der Waals surface area contributed by atoms with E-state index in [0.717, 1.165) is 11.6 Å². The van der Waals surface area contributed by atoms with Gasteiger partial charge in [0.1, 0.15) is 10.6 Å². The van der Waals surface area contributed by atoms with Crippen molar-refractivity contribution in [2.24, 2.45) is 0 Å². The number of alkyl halides is 4. The number of thiazole rings is 1. The van der Waals surface area contributed by atoms with Gasteiger partial charge < -0.3 is 14.6 Å². The molecular weight excluding hydrogens is 512 g/mol. The molecule has 11 heteroatoms. The van der Waals surface area contributed by atoms with Gasteiger partial charge in [-0.1, -0.05) is 42.5 Å². The van der Waals surface area contributed by atoms with Gasteiger partial charge in [0, 0.05) is 23.2 Å². The van der Waals surface area contributed by atoms with Crippen molar-refractivity contribution < 1.29 is 37.3 Å². The van der Waals surface area contributed by atoms with Crippen molar-refractivity contribution in [3.8, 4) is 11.5 Å². The number of aliphatic hydroxyl groups is 1. The van der Waals surface area contributed by atoms with E-state index in [1.54, 1.807) is 56.5 Å². The molecule has 0 aliphatic rings. The van der Waals surface area contributed by atoms with Crippen molar-refractivity contribution in [3.63, 3.8) is 0 Å². The SMILES string of the molecule is C/C=C(\C=C/NO)CC(c1ccc(OC(F)F)c(OC(F)F)c1)c1cnc(C(C)(O)c2ccccc2)s1. The third-order valence-corrected chi connectivity index (χ3v) is 6.93. The smallest absolute Gasteiger partial charge is 0.387 e. The van der Waals surface area contributed by atoms with Gasteiger partial charge in [0.05, 0.1) is 0 Å². The van der Waals surface area contributed by atoms with E-state index < -0.39 is 36.2 Å². The summed E-state index contributed by atoms with van der Waals surface area (Å²) in [5.74, 6) is -1.55. The van der Waals surface area contributed by atoms with Crippen LogP contribution in [-0.4, -0.2) is 28.5 Å². The predicted octanol–water partition coefficient (Wildman–Crippen LogP) is 6.56. The van der Waals surface area contributed by atoms with E-state index in [1.807, 2.05) is 11.5 Å². The van der Waals surface area contributed by atoms with Gasteiger partial charge in [-0.25, -0.2) is 4.98 Å². The lowest BCUT2D eigenvalue weighted by atomic mass is 9.90. The number of allylic oxidation sites excluding steroid dienone is 3. The third kappa shape index (κ3) is 7.31. The highest BCUT2D eigenvalue weighted by atomic mass is 32.1. The Hall–Kier alpha value is -3.41. The molecule has 3 N–H and O–H groups in total. The fourth-order valence-corrected chi connectivity index (χ4v) is 4.84. The molecule has 0 aliphatic heterocycles. The zero-order chi connectivity index (χ0) is 27.0. The number of nitrogens with zero attached hydrogens (tertiary/aromatic N) is 1. The van der Waals surface area contributed by atoms with Crippen molar-refractivity contribution >= 4 is 11.3 Å². The highest BCUT2D eigenvalue weighted by molar-refractivity contribution is 7.11. The number of nitrogens with one attached hydrogen (secondary N) is 1. The molecule has 6 nitrogen and oxygen atoms in total. The monoisotopic (exact) mass is 538 g/mol. The van der Waals surface area contributed by atoms with Gasteiger partial charge in [-0.05, 0) is 55.2 Å². The molecule has 37 heavy (non-hydrogen) atoms. The van der Waals surface area contributed by atoms with Crippen molar-refractivity contribution in [2.45, 2.75) is 45.0 Å². The third-order valence-electron chi connectivity index (χ3n) is 5.60. The molecule has 0 aliphatic carbocycles. The summed E-state index contributed by atoms with van der Waals surface area (Å²) in [6.07, 6.45) is 6.65. The largest absolute Gasteiger partial charge is 0.431 e. The van der Waals surface area contributed by atoms with Gasteiger partial charge in [-0.2, -0.15) is 17.6 Å². The van der Waals surface area contributed by atoms with E-state index in [-0.39, 0.29) is 0 Å². The summed E-state index contributed by atoms with van der Waals surface area (Å²) in [5.41, 5.74) is 2.41. The minimum absolute atomic E-state index is 0.326. The summed E-state index contributed by atoms with van der Waals surface area (Å²) in [6.45, 7) is -3.07. The molecule has 0 bridgehead atoms. The first kappa shape index (κ1) is 28.2. The molecule has 1 heterocycles. The summed E-state index contributed by atoms with van der Waals surface area (Å²) >= 11 is 1.23. The van der Waals surface area contributed by atoms with Crippen LogP contribution in [-0.2, 0) is 5.60 Å². The average molecular weight is 539 g/mol. The topological polar surface area (TPSA) is 83.8 Å². The maximum atomic E-state index is 13.0.